The van der Waals surface area contributed by atoms with E-state index in [9.17, 15) is 33.6 Å². The molecule has 2 aromatic carbocycles. The van der Waals surface area contributed by atoms with Crippen LogP contribution in [-0.4, -0.2) is 90.3 Å². The molecule has 0 aromatic heterocycles. The van der Waals surface area contributed by atoms with Crippen molar-refractivity contribution in [1.29, 1.82) is 0 Å². The Morgan fingerprint density at radius 2 is 1.20 bits per heavy atom. The summed E-state index contributed by atoms with van der Waals surface area (Å²) in [6.45, 7) is 7.93. The van der Waals surface area contributed by atoms with Crippen LogP contribution in [0.15, 0.2) is 60.7 Å². The Morgan fingerprint density at radius 3 is 1.75 bits per heavy atom. The molecule has 0 saturated carbocycles. The molecule has 5 N–H and O–H groups in total. The maximum Gasteiger partial charge on any atom is 0.328 e. The number of carbonyl (C=O) groups excluding carboxylic acids is 7. The van der Waals surface area contributed by atoms with Gasteiger partial charge in [-0.15, -0.1) is 0 Å². The van der Waals surface area contributed by atoms with Crippen LogP contribution in [-0.2, 0) is 51.5 Å². The number of nitrogens with one attached hydrogen (secondary N) is 5. The molecule has 3 atom stereocenters. The van der Waals surface area contributed by atoms with Gasteiger partial charge in [0, 0.05) is 19.1 Å². The summed E-state index contributed by atoms with van der Waals surface area (Å²) >= 11 is 0. The highest BCUT2D eigenvalue weighted by atomic mass is 16.5. The van der Waals surface area contributed by atoms with Crippen molar-refractivity contribution in [3.63, 3.8) is 0 Å². The van der Waals surface area contributed by atoms with Crippen LogP contribution in [0.2, 0.25) is 0 Å². The van der Waals surface area contributed by atoms with Gasteiger partial charge in [0.1, 0.15) is 31.3 Å². The third kappa shape index (κ3) is 16.2. The number of likely N-dealkylation sites (tertiary alicyclic amines) is 1. The summed E-state index contributed by atoms with van der Waals surface area (Å²) in [7, 11) is 0. The summed E-state index contributed by atoms with van der Waals surface area (Å²) in [5, 5.41) is 12.9. The smallest absolute Gasteiger partial charge is 0.328 e. The second kappa shape index (κ2) is 23.3. The fourth-order valence-corrected chi connectivity index (χ4v) is 5.85. The van der Waals surface area contributed by atoms with E-state index in [1.807, 2.05) is 39.8 Å². The van der Waals surface area contributed by atoms with Crippen molar-refractivity contribution in [1.82, 2.24) is 31.5 Å². The molecule has 3 rings (SSSR count). The zero-order chi connectivity index (χ0) is 40.2. The predicted molar refractivity (Wildman–Crippen MR) is 204 cm³/mol. The summed E-state index contributed by atoms with van der Waals surface area (Å²) in [6.07, 6.45) is 2.10. The number of hydrogen-bond donors (Lipinski definition) is 5. The van der Waals surface area contributed by atoms with Crippen LogP contribution in [0, 0.1) is 5.92 Å². The molecule has 1 aliphatic heterocycles. The molecule has 0 spiro atoms. The summed E-state index contributed by atoms with van der Waals surface area (Å²) in [5.41, 5.74) is 1.44. The molecule has 0 radical (unpaired) electrons. The number of benzene rings is 2. The van der Waals surface area contributed by atoms with Gasteiger partial charge in [-0.3, -0.25) is 24.0 Å². The highest BCUT2D eigenvalue weighted by molar-refractivity contribution is 5.97. The first kappa shape index (κ1) is 43.9. The number of hydrogen-bond acceptors (Lipinski definition) is 9. The molecule has 55 heavy (non-hydrogen) atoms. The molecule has 15 nitrogen and oxygen atoms in total. The maximum atomic E-state index is 13.9. The van der Waals surface area contributed by atoms with E-state index in [4.69, 9.17) is 9.47 Å². The molecular weight excluding hydrogens is 708 g/mol. The van der Waals surface area contributed by atoms with Gasteiger partial charge in [-0.25, -0.2) is 9.59 Å². The average molecular weight is 765 g/mol. The van der Waals surface area contributed by atoms with Gasteiger partial charge in [0.15, 0.2) is 0 Å². The van der Waals surface area contributed by atoms with Crippen molar-refractivity contribution in [3.05, 3.63) is 71.8 Å². The fourth-order valence-electron chi connectivity index (χ4n) is 5.85. The molecule has 0 unspecified atom stereocenters. The zero-order valence-electron chi connectivity index (χ0n) is 32.3. The molecule has 1 fully saturated rings. The third-order valence-corrected chi connectivity index (χ3v) is 9.00. The van der Waals surface area contributed by atoms with Crippen molar-refractivity contribution in [2.45, 2.75) is 110 Å². The fraction of sp³-hybridized carbons (Fsp3) is 0.525. The summed E-state index contributed by atoms with van der Waals surface area (Å²) in [4.78, 5) is 94.4. The Bertz CT molecular complexity index is 1560. The van der Waals surface area contributed by atoms with Crippen LogP contribution in [0.5, 0.6) is 0 Å². The quantitative estimate of drug-likeness (QED) is 0.119. The lowest BCUT2D eigenvalue weighted by molar-refractivity contribution is -0.150. The highest BCUT2D eigenvalue weighted by Crippen LogP contribution is 2.13. The van der Waals surface area contributed by atoms with Crippen LogP contribution >= 0.6 is 0 Å². The number of rotatable bonds is 21. The van der Waals surface area contributed by atoms with Crippen LogP contribution < -0.4 is 26.6 Å². The maximum absolute atomic E-state index is 13.9. The minimum absolute atomic E-state index is 0.0309. The van der Waals surface area contributed by atoms with E-state index in [0.717, 1.165) is 18.4 Å². The van der Waals surface area contributed by atoms with Crippen LogP contribution in [0.3, 0.4) is 0 Å². The van der Waals surface area contributed by atoms with Crippen LogP contribution in [0.25, 0.3) is 0 Å². The van der Waals surface area contributed by atoms with Gasteiger partial charge in [-0.05, 0) is 49.1 Å². The van der Waals surface area contributed by atoms with E-state index in [1.54, 1.807) is 53.4 Å². The van der Waals surface area contributed by atoms with Crippen LogP contribution in [0.1, 0.15) is 83.8 Å². The first-order chi connectivity index (χ1) is 26.4. The third-order valence-electron chi connectivity index (χ3n) is 9.00. The Morgan fingerprint density at radius 1 is 0.673 bits per heavy atom. The molecule has 6 amide bonds. The second-order valence-electron chi connectivity index (χ2n) is 13.9. The van der Waals surface area contributed by atoms with E-state index in [2.05, 4.69) is 26.6 Å². The number of urea groups is 1. The van der Waals surface area contributed by atoms with Crippen molar-refractivity contribution in [3.8, 4) is 0 Å². The molecular formula is C40H56N6O9. The molecule has 1 aliphatic rings. The van der Waals surface area contributed by atoms with Gasteiger partial charge in [0.2, 0.25) is 23.6 Å². The number of nitrogens with zero attached hydrogens (tertiary/aromatic N) is 1. The van der Waals surface area contributed by atoms with Crippen molar-refractivity contribution >= 4 is 41.6 Å². The average Bonchev–Trinajstić information content (AvgIpc) is 3.73. The van der Waals surface area contributed by atoms with Gasteiger partial charge in [-0.2, -0.15) is 0 Å². The molecule has 15 heteroatoms. The minimum Gasteiger partial charge on any atom is -0.461 e. The normalized spacial score (nSPS) is 14.0. The molecule has 1 heterocycles. The van der Waals surface area contributed by atoms with Crippen molar-refractivity contribution in [2.24, 2.45) is 5.92 Å². The van der Waals surface area contributed by atoms with Gasteiger partial charge in [0.05, 0.1) is 19.4 Å². The molecule has 1 saturated heterocycles. The molecule has 300 valence electrons. The monoisotopic (exact) mass is 764 g/mol. The Hall–Kier alpha value is -5.47. The zero-order valence-corrected chi connectivity index (χ0v) is 32.3. The lowest BCUT2D eigenvalue weighted by Crippen LogP contribution is -2.58. The molecule has 0 aliphatic carbocycles. The number of esters is 2. The summed E-state index contributed by atoms with van der Waals surface area (Å²) in [5.74, 6) is -4.52. The van der Waals surface area contributed by atoms with Crippen LogP contribution in [0.4, 0.5) is 4.79 Å². The summed E-state index contributed by atoms with van der Waals surface area (Å²) in [6, 6.07) is 13.1. The molecule has 2 aromatic rings. The van der Waals surface area contributed by atoms with Gasteiger partial charge in [0.25, 0.3) is 0 Å². The number of carbonyl (C=O) groups is 7. The van der Waals surface area contributed by atoms with Gasteiger partial charge in [-0.1, -0.05) is 88.4 Å². The number of amides is 6. The lowest BCUT2D eigenvalue weighted by atomic mass is 10.0. The standard InChI is InChI=1S/C40H56N6O9/c1-5-30(6-2)42-40(53)41-24-34(47)43-31(22-35(48)46-19-13-14-20-46)37(50)44-32(23-36(49)54-25-28-15-9-7-10-16-28)38(51)45-33(21-27(3)4)39(52)55-26-29-17-11-8-12-18-29/h7-12,15-18,27,30-33H,5-6,13-14,19-26H2,1-4H3,(H,43,47)(H,44,50)(H,45,51)(H2,41,42,53)/t31-,32-,33-/m0/s1. The Labute approximate surface area is 323 Å². The van der Waals surface area contributed by atoms with Crippen molar-refractivity contribution < 1.29 is 43.0 Å². The Kier molecular flexibility index (Phi) is 18.6. The minimum atomic E-state index is -1.57. The topological polar surface area (TPSA) is 201 Å². The SMILES string of the molecule is CCC(CC)NC(=O)NCC(=O)N[C@@H](CC(=O)N1CCCC1)C(=O)N[C@@H](CC(=O)OCc1ccccc1)C(=O)N[C@@H](CC(C)C)C(=O)OCc1ccccc1. The predicted octanol–water partition coefficient (Wildman–Crippen LogP) is 2.86. The van der Waals surface area contributed by atoms with E-state index in [0.29, 0.717) is 31.5 Å². The second-order valence-corrected chi connectivity index (χ2v) is 13.9. The van der Waals surface area contributed by atoms with Gasteiger partial charge < -0.3 is 41.0 Å². The van der Waals surface area contributed by atoms with Gasteiger partial charge >= 0.3 is 18.0 Å². The summed E-state index contributed by atoms with van der Waals surface area (Å²) < 4.78 is 10.9. The van der Waals surface area contributed by atoms with Crippen molar-refractivity contribution in [2.75, 3.05) is 19.6 Å². The van der Waals surface area contributed by atoms with E-state index in [1.165, 1.54) is 0 Å². The van der Waals surface area contributed by atoms with E-state index < -0.39 is 73.2 Å². The van der Waals surface area contributed by atoms with E-state index >= 15 is 0 Å². The first-order valence-electron chi connectivity index (χ1n) is 19.0. The molecule has 0 bridgehead atoms. The number of ether oxygens (including phenoxy) is 2. The lowest BCUT2D eigenvalue weighted by Gasteiger charge is -2.26. The largest absolute Gasteiger partial charge is 0.461 e. The Balaban J connectivity index is 1.80. The van der Waals surface area contributed by atoms with E-state index in [-0.39, 0.29) is 37.5 Å². The highest BCUT2D eigenvalue weighted by Gasteiger charge is 2.34. The first-order valence-corrected chi connectivity index (χ1v) is 19.0.